The molecule has 3 aromatic rings. The molecule has 0 aliphatic rings. The maximum absolute atomic E-state index is 11.2. The molecule has 0 unspecified atom stereocenters. The summed E-state index contributed by atoms with van der Waals surface area (Å²) in [5, 5.41) is 10.2. The highest BCUT2D eigenvalue weighted by Gasteiger charge is 2.08. The van der Waals surface area contributed by atoms with E-state index >= 15 is 0 Å². The zero-order valence-electron chi connectivity index (χ0n) is 14.2. The average Bonchev–Trinajstić information content (AvgIpc) is 3.25. The number of nitrogens with zero attached hydrogens (tertiary/aromatic N) is 4. The van der Waals surface area contributed by atoms with E-state index in [4.69, 9.17) is 5.26 Å². The molecule has 0 fully saturated rings. The van der Waals surface area contributed by atoms with E-state index in [1.54, 1.807) is 6.20 Å². The molecule has 6 heteroatoms. The van der Waals surface area contributed by atoms with Crippen LogP contribution in [-0.4, -0.2) is 27.2 Å². The number of carbonyl (C=O) groups excluding carboxylic acids is 1. The number of carbonyl (C=O) groups is 1. The Hall–Kier alpha value is -3.07. The summed E-state index contributed by atoms with van der Waals surface area (Å²) in [5.41, 5.74) is 1.68. The number of aromatic nitrogens is 3. The molecule has 0 spiro atoms. The van der Waals surface area contributed by atoms with Crippen LogP contribution in [0.5, 0.6) is 0 Å². The van der Waals surface area contributed by atoms with Crippen LogP contribution in [0.25, 0.3) is 10.9 Å². The third-order valence-corrected chi connectivity index (χ3v) is 4.27. The Bertz CT molecular complexity index is 917. The van der Waals surface area contributed by atoms with Gasteiger partial charge in [0.15, 0.2) is 0 Å². The number of methoxy groups -OCH3 is 1. The summed E-state index contributed by atoms with van der Waals surface area (Å²) < 4.78 is 8.87. The Morgan fingerprint density at radius 3 is 2.92 bits per heavy atom. The van der Waals surface area contributed by atoms with Gasteiger partial charge in [-0.2, -0.15) is 5.26 Å². The summed E-state index contributed by atoms with van der Waals surface area (Å²) in [6, 6.07) is 9.92. The van der Waals surface area contributed by atoms with Crippen molar-refractivity contribution in [1.29, 1.82) is 5.26 Å². The Labute approximate surface area is 146 Å². The fourth-order valence-corrected chi connectivity index (χ4v) is 2.89. The lowest BCUT2D eigenvalue weighted by atomic mass is 10.2. The van der Waals surface area contributed by atoms with Crippen LogP contribution in [0.2, 0.25) is 0 Å². The molecular weight excluding hydrogens is 316 g/mol. The molecule has 128 valence electrons. The van der Waals surface area contributed by atoms with E-state index in [0.717, 1.165) is 36.1 Å². The predicted molar refractivity (Wildman–Crippen MR) is 93.8 cm³/mol. The first-order valence-corrected chi connectivity index (χ1v) is 8.27. The second kappa shape index (κ2) is 7.67. The molecule has 0 atom stereocenters. The number of imidazole rings is 1. The highest BCUT2D eigenvalue weighted by molar-refractivity contribution is 5.81. The monoisotopic (exact) mass is 336 g/mol. The molecule has 3 rings (SSSR count). The second-order valence-electron chi connectivity index (χ2n) is 5.90. The van der Waals surface area contributed by atoms with Crippen molar-refractivity contribution in [2.24, 2.45) is 0 Å². The Kier molecular flexibility index (Phi) is 5.14. The minimum absolute atomic E-state index is 0.169. The lowest BCUT2D eigenvalue weighted by Gasteiger charge is -2.10. The van der Waals surface area contributed by atoms with Crippen LogP contribution in [0.1, 0.15) is 30.7 Å². The minimum atomic E-state index is -0.169. The predicted octanol–water partition coefficient (Wildman–Crippen LogP) is 3.10. The lowest BCUT2D eigenvalue weighted by molar-refractivity contribution is -0.140. The van der Waals surface area contributed by atoms with Gasteiger partial charge < -0.3 is 13.9 Å². The zero-order valence-corrected chi connectivity index (χ0v) is 14.2. The SMILES string of the molecule is COC(=O)CCCCn1ccnc1Cn1ccc2ccc(C#N)cc21. The third kappa shape index (κ3) is 3.89. The zero-order chi connectivity index (χ0) is 17.6. The van der Waals surface area contributed by atoms with E-state index in [2.05, 4.69) is 24.9 Å². The molecule has 0 aliphatic heterocycles. The van der Waals surface area contributed by atoms with Gasteiger partial charge in [-0.1, -0.05) is 6.07 Å². The molecule has 1 aromatic carbocycles. The number of hydrogen-bond acceptors (Lipinski definition) is 4. The van der Waals surface area contributed by atoms with Gasteiger partial charge in [0.25, 0.3) is 0 Å². The van der Waals surface area contributed by atoms with Crippen molar-refractivity contribution in [2.75, 3.05) is 7.11 Å². The van der Waals surface area contributed by atoms with Gasteiger partial charge in [-0.3, -0.25) is 4.79 Å². The van der Waals surface area contributed by atoms with Gasteiger partial charge in [0.1, 0.15) is 5.82 Å². The van der Waals surface area contributed by atoms with Crippen molar-refractivity contribution in [3.05, 3.63) is 54.2 Å². The van der Waals surface area contributed by atoms with Crippen molar-refractivity contribution in [2.45, 2.75) is 32.4 Å². The molecule has 0 radical (unpaired) electrons. The number of hydrogen-bond donors (Lipinski definition) is 0. The highest BCUT2D eigenvalue weighted by atomic mass is 16.5. The van der Waals surface area contributed by atoms with Gasteiger partial charge in [0.2, 0.25) is 0 Å². The van der Waals surface area contributed by atoms with Crippen molar-refractivity contribution < 1.29 is 9.53 Å². The maximum Gasteiger partial charge on any atom is 0.305 e. The molecule has 0 saturated carbocycles. The number of rotatable bonds is 7. The van der Waals surface area contributed by atoms with Gasteiger partial charge >= 0.3 is 5.97 Å². The van der Waals surface area contributed by atoms with Crippen molar-refractivity contribution >= 4 is 16.9 Å². The van der Waals surface area contributed by atoms with E-state index in [9.17, 15) is 4.79 Å². The van der Waals surface area contributed by atoms with Gasteiger partial charge in [-0.05, 0) is 36.4 Å². The normalized spacial score (nSPS) is 10.7. The first kappa shape index (κ1) is 16.8. The van der Waals surface area contributed by atoms with Crippen LogP contribution < -0.4 is 0 Å². The molecule has 25 heavy (non-hydrogen) atoms. The van der Waals surface area contributed by atoms with E-state index in [-0.39, 0.29) is 5.97 Å². The summed E-state index contributed by atoms with van der Waals surface area (Å²) in [4.78, 5) is 15.6. The van der Waals surface area contributed by atoms with Crippen molar-refractivity contribution in [1.82, 2.24) is 14.1 Å². The van der Waals surface area contributed by atoms with Gasteiger partial charge in [0.05, 0.1) is 25.3 Å². The second-order valence-corrected chi connectivity index (χ2v) is 5.90. The van der Waals surface area contributed by atoms with Crippen molar-refractivity contribution in [3.63, 3.8) is 0 Å². The smallest absolute Gasteiger partial charge is 0.305 e. The maximum atomic E-state index is 11.2. The first-order chi connectivity index (χ1) is 12.2. The average molecular weight is 336 g/mol. The number of nitriles is 1. The molecule has 0 aliphatic carbocycles. The standard InChI is InChI=1S/C19H20N4O2/c1-25-19(24)4-2-3-9-22-11-8-21-18(22)14-23-10-7-16-6-5-15(13-20)12-17(16)23/h5-8,10-12H,2-4,9,14H2,1H3. The van der Waals surface area contributed by atoms with Gasteiger partial charge in [0, 0.05) is 37.1 Å². The molecule has 0 N–H and O–H groups in total. The Morgan fingerprint density at radius 1 is 1.24 bits per heavy atom. The summed E-state index contributed by atoms with van der Waals surface area (Å²) in [6.07, 6.45) is 7.90. The number of aryl methyl sites for hydroxylation is 1. The summed E-state index contributed by atoms with van der Waals surface area (Å²) in [7, 11) is 1.41. The van der Waals surface area contributed by atoms with Crippen LogP contribution in [0.3, 0.4) is 0 Å². The van der Waals surface area contributed by atoms with Crippen LogP contribution in [0.4, 0.5) is 0 Å². The summed E-state index contributed by atoms with van der Waals surface area (Å²) >= 11 is 0. The van der Waals surface area contributed by atoms with E-state index in [0.29, 0.717) is 18.5 Å². The highest BCUT2D eigenvalue weighted by Crippen LogP contribution is 2.18. The van der Waals surface area contributed by atoms with Gasteiger partial charge in [-0.25, -0.2) is 4.98 Å². The van der Waals surface area contributed by atoms with Crippen LogP contribution in [0.15, 0.2) is 42.9 Å². The summed E-state index contributed by atoms with van der Waals surface area (Å²) in [5.74, 6) is 0.788. The Morgan fingerprint density at radius 2 is 2.12 bits per heavy atom. The third-order valence-electron chi connectivity index (χ3n) is 4.27. The molecule has 0 saturated heterocycles. The molecule has 0 bridgehead atoms. The molecule has 0 amide bonds. The Balaban J connectivity index is 1.69. The van der Waals surface area contributed by atoms with E-state index in [1.807, 2.05) is 36.7 Å². The molecule has 6 nitrogen and oxygen atoms in total. The number of ether oxygens (including phenoxy) is 1. The topological polar surface area (TPSA) is 72.8 Å². The molecule has 2 heterocycles. The fraction of sp³-hybridized carbons (Fsp3) is 0.316. The lowest BCUT2D eigenvalue weighted by Crippen LogP contribution is -2.08. The van der Waals surface area contributed by atoms with E-state index < -0.39 is 0 Å². The number of unbranched alkanes of at least 4 members (excludes halogenated alkanes) is 1. The quantitative estimate of drug-likeness (QED) is 0.491. The number of fused-ring (bicyclic) bond motifs is 1. The molecule has 2 aromatic heterocycles. The number of benzene rings is 1. The van der Waals surface area contributed by atoms with Crippen LogP contribution in [-0.2, 0) is 22.6 Å². The van der Waals surface area contributed by atoms with Crippen LogP contribution >= 0.6 is 0 Å². The van der Waals surface area contributed by atoms with Crippen molar-refractivity contribution in [3.8, 4) is 6.07 Å². The van der Waals surface area contributed by atoms with Gasteiger partial charge in [-0.15, -0.1) is 0 Å². The summed E-state index contributed by atoms with van der Waals surface area (Å²) in [6.45, 7) is 1.46. The fourth-order valence-electron chi connectivity index (χ4n) is 2.89. The number of esters is 1. The van der Waals surface area contributed by atoms with E-state index in [1.165, 1.54) is 7.11 Å². The molecular formula is C19H20N4O2. The van der Waals surface area contributed by atoms with Crippen LogP contribution in [0, 0.1) is 11.3 Å². The minimum Gasteiger partial charge on any atom is -0.469 e. The first-order valence-electron chi connectivity index (χ1n) is 8.27. The largest absolute Gasteiger partial charge is 0.469 e.